The number of aliphatic hydroxyl groups is 6. The zero-order valence-corrected chi connectivity index (χ0v) is 21.9. The number of rotatable bonds is 5. The normalized spacial score (nSPS) is 33.6. The van der Waals surface area contributed by atoms with Gasteiger partial charge in [-0.3, -0.25) is 4.79 Å². The van der Waals surface area contributed by atoms with Crippen molar-refractivity contribution in [1.82, 2.24) is 0 Å². The van der Waals surface area contributed by atoms with E-state index in [-0.39, 0.29) is 16.9 Å². The number of ether oxygens (including phenoxy) is 3. The molecule has 0 bridgehead atoms. The Kier molecular flexibility index (Phi) is 8.06. The van der Waals surface area contributed by atoms with Crippen LogP contribution >= 0.6 is 0 Å². The van der Waals surface area contributed by atoms with Gasteiger partial charge >= 0.3 is 0 Å². The van der Waals surface area contributed by atoms with Crippen molar-refractivity contribution in [2.75, 3.05) is 6.61 Å². The lowest BCUT2D eigenvalue weighted by Gasteiger charge is -2.46. The van der Waals surface area contributed by atoms with E-state index < -0.39 is 107 Å². The van der Waals surface area contributed by atoms with E-state index in [1.807, 2.05) is 0 Å². The van der Waals surface area contributed by atoms with E-state index in [1.54, 1.807) is 0 Å². The molecule has 2 saturated heterocycles. The molecule has 0 saturated carbocycles. The third-order valence-corrected chi connectivity index (χ3v) is 7.51. The van der Waals surface area contributed by atoms with Gasteiger partial charge in [0.2, 0.25) is 0 Å². The first-order chi connectivity index (χ1) is 19.8. The van der Waals surface area contributed by atoms with Crippen LogP contribution < -0.4 is 5.43 Å². The number of benzene rings is 2. The highest BCUT2D eigenvalue weighted by Crippen LogP contribution is 2.45. The molecule has 2 fully saturated rings. The van der Waals surface area contributed by atoms with Crippen molar-refractivity contribution in [2.24, 2.45) is 0 Å². The standard InChI is InChI=1S/C27H30O15/c1-8-19(34)21(36)23(38)27(39-8)42-26-22(37)20(35)16(7-28)41-25(26)18-13(32)5-12(31)17-14(33)6-15(40-24(17)18)9-2-3-10(29)11(30)4-9/h2-6,8,16,19-23,25-32,34-38H,7H2,1H3. The van der Waals surface area contributed by atoms with Crippen LogP contribution in [0.25, 0.3) is 22.3 Å². The minimum atomic E-state index is -1.89. The first-order valence-electron chi connectivity index (χ1n) is 12.9. The number of aliphatic hydroxyl groups excluding tert-OH is 6. The quantitative estimate of drug-likeness (QED) is 0.153. The van der Waals surface area contributed by atoms with Gasteiger partial charge < -0.3 is 69.7 Å². The molecule has 3 aromatic rings. The summed E-state index contributed by atoms with van der Waals surface area (Å²) in [5, 5.41) is 103. The molecule has 10 unspecified atom stereocenters. The summed E-state index contributed by atoms with van der Waals surface area (Å²) in [7, 11) is 0. The van der Waals surface area contributed by atoms with E-state index >= 15 is 0 Å². The Bertz CT molecular complexity index is 1520. The molecule has 42 heavy (non-hydrogen) atoms. The fraction of sp³-hybridized carbons (Fsp3) is 0.444. The molecular formula is C27H30O15. The molecule has 1 aromatic heterocycles. The highest BCUT2D eigenvalue weighted by atomic mass is 16.7. The van der Waals surface area contributed by atoms with Gasteiger partial charge in [0.1, 0.15) is 71.5 Å². The zero-order valence-electron chi connectivity index (χ0n) is 21.9. The summed E-state index contributed by atoms with van der Waals surface area (Å²) in [6.07, 6.45) is -16.3. The van der Waals surface area contributed by atoms with Crippen molar-refractivity contribution in [1.29, 1.82) is 0 Å². The monoisotopic (exact) mass is 594 g/mol. The summed E-state index contributed by atoms with van der Waals surface area (Å²) >= 11 is 0. The average molecular weight is 595 g/mol. The van der Waals surface area contributed by atoms with Gasteiger partial charge in [0.15, 0.2) is 28.8 Å². The molecule has 0 amide bonds. The Labute approximate surface area is 236 Å². The van der Waals surface area contributed by atoms with E-state index in [0.717, 1.165) is 24.3 Å². The van der Waals surface area contributed by atoms with Crippen molar-refractivity contribution in [3.8, 4) is 34.3 Å². The summed E-state index contributed by atoms with van der Waals surface area (Å²) < 4.78 is 22.9. The van der Waals surface area contributed by atoms with Crippen molar-refractivity contribution in [2.45, 2.75) is 68.1 Å². The summed E-state index contributed by atoms with van der Waals surface area (Å²) in [6.45, 7) is 0.569. The molecule has 2 aliphatic heterocycles. The molecule has 10 N–H and O–H groups in total. The fourth-order valence-electron chi connectivity index (χ4n) is 5.17. The zero-order chi connectivity index (χ0) is 30.6. The van der Waals surface area contributed by atoms with E-state index in [0.29, 0.717) is 0 Å². The highest BCUT2D eigenvalue weighted by Gasteiger charge is 2.51. The molecule has 0 spiro atoms. The third kappa shape index (κ3) is 5.04. The van der Waals surface area contributed by atoms with Crippen LogP contribution in [0.4, 0.5) is 0 Å². The molecule has 2 aliphatic rings. The molecule has 228 valence electrons. The van der Waals surface area contributed by atoms with Crippen LogP contribution in [0.3, 0.4) is 0 Å². The maximum Gasteiger partial charge on any atom is 0.197 e. The number of phenolic OH excluding ortho intramolecular Hbond substituents is 4. The topological polar surface area (TPSA) is 260 Å². The van der Waals surface area contributed by atoms with Crippen molar-refractivity contribution < 1.29 is 69.7 Å². The van der Waals surface area contributed by atoms with Crippen LogP contribution in [0.2, 0.25) is 0 Å². The smallest absolute Gasteiger partial charge is 0.197 e. The lowest BCUT2D eigenvalue weighted by atomic mass is 9.89. The van der Waals surface area contributed by atoms with Crippen LogP contribution in [0.15, 0.2) is 39.5 Å². The second-order valence-corrected chi connectivity index (χ2v) is 10.3. The predicted octanol–water partition coefficient (Wildman–Crippen LogP) is -1.35. The Hall–Kier alpha value is -3.51. The maximum atomic E-state index is 13.2. The third-order valence-electron chi connectivity index (χ3n) is 7.51. The molecule has 0 aliphatic carbocycles. The molecule has 15 nitrogen and oxygen atoms in total. The highest BCUT2D eigenvalue weighted by molar-refractivity contribution is 5.89. The molecule has 5 rings (SSSR count). The van der Waals surface area contributed by atoms with Crippen molar-refractivity contribution in [3.05, 3.63) is 46.1 Å². The Morgan fingerprint density at radius 3 is 2.17 bits per heavy atom. The largest absolute Gasteiger partial charge is 0.507 e. The van der Waals surface area contributed by atoms with E-state index in [2.05, 4.69) is 0 Å². The van der Waals surface area contributed by atoms with Crippen LogP contribution in [-0.2, 0) is 14.2 Å². The van der Waals surface area contributed by atoms with E-state index in [1.165, 1.54) is 13.0 Å². The SMILES string of the molecule is CC1OC(OC2C(c3c(O)cc(O)c4c(=O)cc(-c5ccc(O)c(O)c5)oc34)OC(CO)C(O)C2O)C(O)C(O)C1O. The second kappa shape index (κ2) is 11.3. The lowest BCUT2D eigenvalue weighted by molar-refractivity contribution is -0.338. The number of hydrogen-bond donors (Lipinski definition) is 10. The molecule has 10 atom stereocenters. The molecule has 2 aromatic carbocycles. The minimum absolute atomic E-state index is 0.111. The molecular weight excluding hydrogens is 564 g/mol. The number of phenols is 4. The first-order valence-corrected chi connectivity index (χ1v) is 12.9. The van der Waals surface area contributed by atoms with Gasteiger partial charge in [-0.05, 0) is 25.1 Å². The Morgan fingerprint density at radius 2 is 1.50 bits per heavy atom. The van der Waals surface area contributed by atoms with Crippen molar-refractivity contribution >= 4 is 11.0 Å². The minimum Gasteiger partial charge on any atom is -0.507 e. The van der Waals surface area contributed by atoms with Crippen LogP contribution in [-0.4, -0.2) is 113 Å². The van der Waals surface area contributed by atoms with Crippen LogP contribution in [0, 0.1) is 0 Å². The number of hydrogen-bond acceptors (Lipinski definition) is 15. The average Bonchev–Trinajstić information content (AvgIpc) is 2.94. The van der Waals surface area contributed by atoms with Crippen molar-refractivity contribution in [3.63, 3.8) is 0 Å². The summed E-state index contributed by atoms with van der Waals surface area (Å²) in [5.41, 5.74) is -1.53. The van der Waals surface area contributed by atoms with Gasteiger partial charge in [0.25, 0.3) is 0 Å². The van der Waals surface area contributed by atoms with Gasteiger partial charge in [-0.25, -0.2) is 0 Å². The number of fused-ring (bicyclic) bond motifs is 1. The van der Waals surface area contributed by atoms with Gasteiger partial charge in [0.05, 0.1) is 18.3 Å². The van der Waals surface area contributed by atoms with Crippen LogP contribution in [0.5, 0.6) is 23.0 Å². The van der Waals surface area contributed by atoms with Gasteiger partial charge in [-0.2, -0.15) is 0 Å². The summed E-state index contributed by atoms with van der Waals surface area (Å²) in [5.74, 6) is -2.58. The lowest BCUT2D eigenvalue weighted by Crippen LogP contribution is -2.61. The van der Waals surface area contributed by atoms with Gasteiger partial charge in [0, 0.05) is 17.7 Å². The first kappa shape index (κ1) is 30.0. The van der Waals surface area contributed by atoms with Gasteiger partial charge in [-0.15, -0.1) is 0 Å². The fourth-order valence-corrected chi connectivity index (χ4v) is 5.17. The molecule has 15 heteroatoms. The van der Waals surface area contributed by atoms with Crippen LogP contribution in [0.1, 0.15) is 18.6 Å². The van der Waals surface area contributed by atoms with E-state index in [4.69, 9.17) is 18.6 Å². The molecule has 0 radical (unpaired) electrons. The Balaban J connectivity index is 1.68. The molecule has 3 heterocycles. The predicted molar refractivity (Wildman–Crippen MR) is 139 cm³/mol. The summed E-state index contributed by atoms with van der Waals surface area (Å²) in [4.78, 5) is 13.2. The van der Waals surface area contributed by atoms with Gasteiger partial charge in [-0.1, -0.05) is 0 Å². The maximum absolute atomic E-state index is 13.2. The number of aromatic hydroxyl groups is 4. The second-order valence-electron chi connectivity index (χ2n) is 10.3. The summed E-state index contributed by atoms with van der Waals surface area (Å²) in [6, 6.07) is 5.33. The Morgan fingerprint density at radius 1 is 0.786 bits per heavy atom. The van der Waals surface area contributed by atoms with E-state index in [9.17, 15) is 55.9 Å².